The van der Waals surface area contributed by atoms with Crippen LogP contribution in [0.1, 0.15) is 103 Å². The van der Waals surface area contributed by atoms with Gasteiger partial charge in [-0.25, -0.2) is 0 Å². The highest BCUT2D eigenvalue weighted by atomic mass is 31.2. The molecule has 214 valence electrons. The molecular weight excluding hydrogens is 481 g/mol. The fraction of sp³-hybridized carbons (Fsp3) is 0.963. The van der Waals surface area contributed by atoms with Crippen molar-refractivity contribution in [1.82, 2.24) is 0 Å². The number of quaternary nitrogens is 1. The van der Waals surface area contributed by atoms with E-state index in [0.29, 0.717) is 17.4 Å². The van der Waals surface area contributed by atoms with Gasteiger partial charge < -0.3 is 28.3 Å². The van der Waals surface area contributed by atoms with Gasteiger partial charge in [-0.2, -0.15) is 0 Å². The van der Waals surface area contributed by atoms with Gasteiger partial charge in [-0.05, 0) is 24.7 Å². The average molecular weight is 536 g/mol. The van der Waals surface area contributed by atoms with Crippen LogP contribution < -0.4 is 4.89 Å². The second-order valence-corrected chi connectivity index (χ2v) is 13.0. The van der Waals surface area contributed by atoms with E-state index in [9.17, 15) is 19.4 Å². The van der Waals surface area contributed by atoms with Gasteiger partial charge in [0.1, 0.15) is 25.9 Å². The van der Waals surface area contributed by atoms with Gasteiger partial charge in [0, 0.05) is 6.42 Å². The summed E-state index contributed by atoms with van der Waals surface area (Å²) in [4.78, 5) is 23.5. The number of hydrogen-bond acceptors (Lipinski definition) is 7. The maximum Gasteiger partial charge on any atom is 0.305 e. The molecule has 0 amide bonds. The SMILES string of the molecule is CCCCCC[C@H]1C[C@H]1CCCCCCCCCC(=O)OC[C@@H](O)COP(=O)([O-])OCC[N+](C)(C)C. The molecule has 8 nitrogen and oxygen atoms in total. The molecule has 0 heterocycles. The average Bonchev–Trinajstić information content (AvgIpc) is 3.55. The number of aliphatic hydroxyl groups excluding tert-OH is 1. The Morgan fingerprint density at radius 3 is 2.06 bits per heavy atom. The first-order valence-corrected chi connectivity index (χ1v) is 15.7. The molecule has 0 radical (unpaired) electrons. The van der Waals surface area contributed by atoms with Gasteiger partial charge in [-0.3, -0.25) is 9.36 Å². The fourth-order valence-electron chi connectivity index (χ4n) is 4.36. The van der Waals surface area contributed by atoms with E-state index in [2.05, 4.69) is 11.4 Å². The van der Waals surface area contributed by atoms with Crippen molar-refractivity contribution >= 4 is 13.8 Å². The molecule has 0 saturated heterocycles. The maximum atomic E-state index is 11.8. The third-order valence-electron chi connectivity index (χ3n) is 6.83. The van der Waals surface area contributed by atoms with Gasteiger partial charge in [-0.1, -0.05) is 84.0 Å². The predicted molar refractivity (Wildman–Crippen MR) is 141 cm³/mol. The maximum absolute atomic E-state index is 11.8. The van der Waals surface area contributed by atoms with Crippen LogP contribution in [0.15, 0.2) is 0 Å². The van der Waals surface area contributed by atoms with Gasteiger partial charge in [-0.15, -0.1) is 0 Å². The summed E-state index contributed by atoms with van der Waals surface area (Å²) in [5.41, 5.74) is 0. The van der Waals surface area contributed by atoms with Crippen LogP contribution in [0.3, 0.4) is 0 Å². The normalized spacial score (nSPS) is 20.2. The first-order chi connectivity index (χ1) is 17.0. The lowest BCUT2D eigenvalue weighted by molar-refractivity contribution is -0.870. The smallest absolute Gasteiger partial charge is 0.305 e. The summed E-state index contributed by atoms with van der Waals surface area (Å²) in [5, 5.41) is 9.82. The highest BCUT2D eigenvalue weighted by Crippen LogP contribution is 2.45. The summed E-state index contributed by atoms with van der Waals surface area (Å²) in [5.74, 6) is 1.66. The number of likely N-dealkylation sites (N-methyl/N-ethyl adjacent to an activating group) is 1. The van der Waals surface area contributed by atoms with Crippen molar-refractivity contribution in [2.24, 2.45) is 11.8 Å². The van der Waals surface area contributed by atoms with Crippen molar-refractivity contribution in [2.75, 3.05) is 47.5 Å². The summed E-state index contributed by atoms with van der Waals surface area (Å²) in [6.07, 6.45) is 17.0. The minimum Gasteiger partial charge on any atom is -0.756 e. The molecule has 1 saturated carbocycles. The molecule has 1 rings (SSSR count). The molecule has 1 aliphatic rings. The Morgan fingerprint density at radius 2 is 1.47 bits per heavy atom. The van der Waals surface area contributed by atoms with E-state index >= 15 is 0 Å². The number of phosphoric acid groups is 1. The van der Waals surface area contributed by atoms with E-state index in [0.717, 1.165) is 31.1 Å². The van der Waals surface area contributed by atoms with E-state index in [1.807, 2.05) is 21.1 Å². The Hall–Kier alpha value is -0.500. The number of carbonyl (C=O) groups excluding carboxylic acids is 1. The Morgan fingerprint density at radius 1 is 0.917 bits per heavy atom. The number of esters is 1. The zero-order chi connectivity index (χ0) is 26.9. The second kappa shape index (κ2) is 18.7. The van der Waals surface area contributed by atoms with Crippen LogP contribution in [0, 0.1) is 11.8 Å². The molecule has 0 aromatic carbocycles. The van der Waals surface area contributed by atoms with E-state index < -0.39 is 20.5 Å². The van der Waals surface area contributed by atoms with E-state index in [-0.39, 0.29) is 19.2 Å². The molecule has 1 aliphatic carbocycles. The molecule has 0 spiro atoms. The van der Waals surface area contributed by atoms with Crippen LogP contribution in [0.5, 0.6) is 0 Å². The van der Waals surface area contributed by atoms with Crippen molar-refractivity contribution in [1.29, 1.82) is 0 Å². The van der Waals surface area contributed by atoms with Crippen LogP contribution in [-0.4, -0.2) is 69.2 Å². The Balaban J connectivity index is 1.90. The third kappa shape index (κ3) is 19.6. The van der Waals surface area contributed by atoms with Crippen molar-refractivity contribution in [2.45, 2.75) is 109 Å². The van der Waals surface area contributed by atoms with Crippen LogP contribution in [0.4, 0.5) is 0 Å². The number of nitrogens with zero attached hydrogens (tertiary/aromatic N) is 1. The molecular formula is C27H54NO7P. The lowest BCUT2D eigenvalue weighted by Crippen LogP contribution is -2.37. The van der Waals surface area contributed by atoms with Gasteiger partial charge in [0.25, 0.3) is 7.82 Å². The van der Waals surface area contributed by atoms with Crippen LogP contribution in [-0.2, 0) is 23.1 Å². The lowest BCUT2D eigenvalue weighted by Gasteiger charge is -2.27. The number of aliphatic hydroxyl groups is 1. The molecule has 0 aromatic rings. The zero-order valence-corrected chi connectivity index (χ0v) is 24.4. The summed E-state index contributed by atoms with van der Waals surface area (Å²) < 4.78 is 26.7. The summed E-state index contributed by atoms with van der Waals surface area (Å²) in [6.45, 7) is 1.97. The molecule has 0 aromatic heterocycles. The molecule has 1 N–H and O–H groups in total. The molecule has 36 heavy (non-hydrogen) atoms. The minimum atomic E-state index is -4.49. The van der Waals surface area contributed by atoms with Gasteiger partial charge in [0.05, 0.1) is 27.7 Å². The van der Waals surface area contributed by atoms with Crippen molar-refractivity contribution in [3.8, 4) is 0 Å². The summed E-state index contributed by atoms with van der Waals surface area (Å²) in [6, 6.07) is 0. The fourth-order valence-corrected chi connectivity index (χ4v) is 5.10. The topological polar surface area (TPSA) is 105 Å². The highest BCUT2D eigenvalue weighted by molar-refractivity contribution is 7.45. The van der Waals surface area contributed by atoms with E-state index in [4.69, 9.17) is 9.26 Å². The monoisotopic (exact) mass is 535 g/mol. The summed E-state index contributed by atoms with van der Waals surface area (Å²) >= 11 is 0. The molecule has 9 heteroatoms. The predicted octanol–water partition coefficient (Wildman–Crippen LogP) is 5.22. The van der Waals surface area contributed by atoms with Gasteiger partial charge in [0.2, 0.25) is 0 Å². The second-order valence-electron chi connectivity index (χ2n) is 11.5. The molecule has 0 aliphatic heterocycles. The van der Waals surface area contributed by atoms with E-state index in [1.165, 1.54) is 70.6 Å². The number of unbranched alkanes of at least 4 members (excludes halogenated alkanes) is 9. The molecule has 1 unspecified atom stereocenters. The third-order valence-corrected chi connectivity index (χ3v) is 7.79. The summed E-state index contributed by atoms with van der Waals surface area (Å²) in [7, 11) is 1.26. The Kier molecular flexibility index (Phi) is 17.4. The van der Waals surface area contributed by atoms with Crippen molar-refractivity contribution in [3.63, 3.8) is 0 Å². The first kappa shape index (κ1) is 33.5. The van der Waals surface area contributed by atoms with Crippen molar-refractivity contribution in [3.05, 3.63) is 0 Å². The Labute approximate surface area is 220 Å². The molecule has 4 atom stereocenters. The van der Waals surface area contributed by atoms with Crippen LogP contribution in [0.25, 0.3) is 0 Å². The zero-order valence-electron chi connectivity index (χ0n) is 23.5. The van der Waals surface area contributed by atoms with Crippen molar-refractivity contribution < 1.29 is 37.6 Å². The Bertz CT molecular complexity index is 626. The van der Waals surface area contributed by atoms with Crippen LogP contribution in [0.2, 0.25) is 0 Å². The quantitative estimate of drug-likeness (QED) is 0.0782. The number of ether oxygens (including phenoxy) is 1. The number of hydrogen-bond donors (Lipinski definition) is 1. The highest BCUT2D eigenvalue weighted by Gasteiger charge is 2.34. The standard InChI is InChI=1S/C27H54NO7P/c1-5-6-7-13-16-24-21-25(24)17-14-11-9-8-10-12-15-18-27(30)33-22-26(29)23-35-36(31,32)34-20-19-28(2,3)4/h24-26,29H,5-23H2,1-4H3/t24-,25+,26+/m0/s1. The lowest BCUT2D eigenvalue weighted by atomic mass is 10.0. The number of carbonyl (C=O) groups is 1. The first-order valence-electron chi connectivity index (χ1n) is 14.3. The van der Waals surface area contributed by atoms with Gasteiger partial charge in [0.15, 0.2) is 0 Å². The molecule has 1 fully saturated rings. The largest absolute Gasteiger partial charge is 0.756 e. The van der Waals surface area contributed by atoms with Gasteiger partial charge >= 0.3 is 5.97 Å². The molecule has 0 bridgehead atoms. The number of rotatable bonds is 24. The van der Waals surface area contributed by atoms with Crippen LogP contribution >= 0.6 is 7.82 Å². The van der Waals surface area contributed by atoms with E-state index in [1.54, 1.807) is 0 Å². The number of phosphoric ester groups is 1. The minimum absolute atomic E-state index is 0.00447.